The van der Waals surface area contributed by atoms with Crippen LogP contribution in [0.2, 0.25) is 0 Å². The molecule has 0 aliphatic carbocycles. The van der Waals surface area contributed by atoms with E-state index in [0.29, 0.717) is 35.2 Å². The third-order valence-electron chi connectivity index (χ3n) is 5.34. The fraction of sp³-hybridized carbons (Fsp3) is 0.185. The van der Waals surface area contributed by atoms with Crippen molar-refractivity contribution in [3.8, 4) is 17.2 Å². The molecule has 180 valence electrons. The lowest BCUT2D eigenvalue weighted by molar-refractivity contribution is -0.121. The minimum atomic E-state index is -0.343. The molecule has 0 saturated heterocycles. The van der Waals surface area contributed by atoms with Gasteiger partial charge in [-0.3, -0.25) is 9.59 Å². The summed E-state index contributed by atoms with van der Waals surface area (Å²) >= 11 is 0. The Morgan fingerprint density at radius 3 is 2.66 bits per heavy atom. The number of ether oxygens (including phenoxy) is 3. The van der Waals surface area contributed by atoms with Crippen LogP contribution in [0.5, 0.6) is 17.2 Å². The Bertz CT molecular complexity index is 1260. The Balaban J connectivity index is 1.48. The highest BCUT2D eigenvalue weighted by atomic mass is 19.1. The van der Waals surface area contributed by atoms with Gasteiger partial charge in [0.05, 0.1) is 25.9 Å². The summed E-state index contributed by atoms with van der Waals surface area (Å²) < 4.78 is 29.6. The van der Waals surface area contributed by atoms with E-state index in [0.717, 1.165) is 11.1 Å². The monoisotopic (exact) mass is 476 g/mol. The standard InChI is InChI=1S/C27H25FN2O5/c1-3-34-24-11-6-18(14-25(24)33-2)7-13-26(31)29-21-10-12-23-22(15-21)30(27(32)17-35-23)16-19-4-8-20(28)9-5-19/h4-15H,3,16-17H2,1-2H3,(H,29,31)/b13-7+. The molecular formula is C27H25FN2O5. The maximum absolute atomic E-state index is 13.3. The zero-order valence-electron chi connectivity index (χ0n) is 19.4. The van der Waals surface area contributed by atoms with Gasteiger partial charge in [0.2, 0.25) is 5.91 Å². The summed E-state index contributed by atoms with van der Waals surface area (Å²) in [6.07, 6.45) is 3.08. The van der Waals surface area contributed by atoms with Crippen LogP contribution in [0.15, 0.2) is 66.7 Å². The number of fused-ring (bicyclic) bond motifs is 1. The van der Waals surface area contributed by atoms with Crippen molar-refractivity contribution in [1.29, 1.82) is 0 Å². The first-order valence-corrected chi connectivity index (χ1v) is 11.1. The van der Waals surface area contributed by atoms with E-state index in [1.54, 1.807) is 60.6 Å². The van der Waals surface area contributed by atoms with Gasteiger partial charge >= 0.3 is 0 Å². The lowest BCUT2D eigenvalue weighted by atomic mass is 10.1. The van der Waals surface area contributed by atoms with Gasteiger partial charge in [0, 0.05) is 11.8 Å². The first-order valence-electron chi connectivity index (χ1n) is 11.1. The van der Waals surface area contributed by atoms with Crippen LogP contribution < -0.4 is 24.4 Å². The summed E-state index contributed by atoms with van der Waals surface area (Å²) in [4.78, 5) is 26.7. The summed E-state index contributed by atoms with van der Waals surface area (Å²) in [6, 6.07) is 16.4. The molecule has 0 radical (unpaired) electrons. The third-order valence-corrected chi connectivity index (χ3v) is 5.34. The Labute approximate surface area is 202 Å². The minimum absolute atomic E-state index is 0.0891. The molecular weight excluding hydrogens is 451 g/mol. The number of amides is 2. The maximum Gasteiger partial charge on any atom is 0.265 e. The molecule has 3 aromatic carbocycles. The molecule has 1 aliphatic heterocycles. The van der Waals surface area contributed by atoms with Crippen LogP contribution >= 0.6 is 0 Å². The van der Waals surface area contributed by atoms with Gasteiger partial charge in [-0.05, 0) is 66.6 Å². The van der Waals surface area contributed by atoms with Crippen molar-refractivity contribution in [3.05, 3.63) is 83.7 Å². The number of hydrogen-bond donors (Lipinski definition) is 1. The molecule has 0 saturated carbocycles. The molecule has 0 bridgehead atoms. The van der Waals surface area contributed by atoms with Crippen molar-refractivity contribution < 1.29 is 28.2 Å². The molecule has 1 heterocycles. The zero-order chi connectivity index (χ0) is 24.8. The molecule has 0 fully saturated rings. The lowest BCUT2D eigenvalue weighted by Crippen LogP contribution is -2.38. The van der Waals surface area contributed by atoms with Crippen molar-refractivity contribution >= 4 is 29.3 Å². The molecule has 35 heavy (non-hydrogen) atoms. The number of rotatable bonds is 8. The van der Waals surface area contributed by atoms with Crippen molar-refractivity contribution in [2.45, 2.75) is 13.5 Å². The average Bonchev–Trinajstić information content (AvgIpc) is 2.86. The SMILES string of the molecule is CCOc1ccc(/C=C/C(=O)Nc2ccc3c(c2)N(Cc2ccc(F)cc2)C(=O)CO3)cc1OC. The molecule has 0 atom stereocenters. The second-order valence-electron chi connectivity index (χ2n) is 7.74. The quantitative estimate of drug-likeness (QED) is 0.472. The fourth-order valence-electron chi connectivity index (χ4n) is 3.64. The van der Waals surface area contributed by atoms with Gasteiger partial charge < -0.3 is 24.4 Å². The summed E-state index contributed by atoms with van der Waals surface area (Å²) in [6.45, 7) is 2.58. The number of benzene rings is 3. The van der Waals surface area contributed by atoms with E-state index >= 15 is 0 Å². The van der Waals surface area contributed by atoms with Crippen LogP contribution in [0.3, 0.4) is 0 Å². The van der Waals surface area contributed by atoms with Gasteiger partial charge in [0.1, 0.15) is 11.6 Å². The molecule has 2 amide bonds. The first kappa shape index (κ1) is 23.8. The second kappa shape index (κ2) is 10.7. The van der Waals surface area contributed by atoms with E-state index in [4.69, 9.17) is 14.2 Å². The van der Waals surface area contributed by atoms with Gasteiger partial charge in [-0.2, -0.15) is 0 Å². The molecule has 1 aliphatic rings. The number of methoxy groups -OCH3 is 1. The summed E-state index contributed by atoms with van der Waals surface area (Å²) in [5, 5.41) is 2.80. The summed E-state index contributed by atoms with van der Waals surface area (Å²) in [5.74, 6) is 0.828. The van der Waals surface area contributed by atoms with Gasteiger partial charge in [0.15, 0.2) is 18.1 Å². The molecule has 7 nitrogen and oxygen atoms in total. The predicted molar refractivity (Wildman–Crippen MR) is 131 cm³/mol. The number of anilines is 2. The second-order valence-corrected chi connectivity index (χ2v) is 7.74. The number of nitrogens with one attached hydrogen (secondary N) is 1. The molecule has 0 unspecified atom stereocenters. The number of nitrogens with zero attached hydrogens (tertiary/aromatic N) is 1. The van der Waals surface area contributed by atoms with Crippen LogP contribution in [0.4, 0.5) is 15.8 Å². The first-order chi connectivity index (χ1) is 17.0. The van der Waals surface area contributed by atoms with Crippen LogP contribution in [0, 0.1) is 5.82 Å². The highest BCUT2D eigenvalue weighted by Crippen LogP contribution is 2.35. The maximum atomic E-state index is 13.3. The Morgan fingerprint density at radius 2 is 1.91 bits per heavy atom. The number of hydrogen-bond acceptors (Lipinski definition) is 5. The summed E-state index contributed by atoms with van der Waals surface area (Å²) in [5.41, 5.74) is 2.58. The number of carbonyl (C=O) groups excluding carboxylic acids is 2. The smallest absolute Gasteiger partial charge is 0.265 e. The van der Waals surface area contributed by atoms with E-state index in [9.17, 15) is 14.0 Å². The zero-order valence-corrected chi connectivity index (χ0v) is 19.4. The van der Waals surface area contributed by atoms with E-state index in [1.807, 2.05) is 13.0 Å². The van der Waals surface area contributed by atoms with Gasteiger partial charge in [0.25, 0.3) is 5.91 Å². The fourth-order valence-corrected chi connectivity index (χ4v) is 3.64. The van der Waals surface area contributed by atoms with Crippen molar-refractivity contribution in [2.75, 3.05) is 30.5 Å². The van der Waals surface area contributed by atoms with E-state index in [2.05, 4.69) is 5.32 Å². The van der Waals surface area contributed by atoms with Crippen LogP contribution in [-0.2, 0) is 16.1 Å². The van der Waals surface area contributed by atoms with E-state index in [-0.39, 0.29) is 30.8 Å². The molecule has 8 heteroatoms. The molecule has 4 rings (SSSR count). The topological polar surface area (TPSA) is 77.1 Å². The van der Waals surface area contributed by atoms with Crippen LogP contribution in [0.25, 0.3) is 6.08 Å². The van der Waals surface area contributed by atoms with Gasteiger partial charge in [-0.15, -0.1) is 0 Å². The predicted octanol–water partition coefficient (Wildman–Crippen LogP) is 4.81. The lowest BCUT2D eigenvalue weighted by Gasteiger charge is -2.30. The Hall–Kier alpha value is -4.33. The number of carbonyl (C=O) groups is 2. The Morgan fingerprint density at radius 1 is 1.11 bits per heavy atom. The van der Waals surface area contributed by atoms with Crippen molar-refractivity contribution in [2.24, 2.45) is 0 Å². The number of halogens is 1. The average molecular weight is 477 g/mol. The minimum Gasteiger partial charge on any atom is -0.493 e. The van der Waals surface area contributed by atoms with E-state index in [1.165, 1.54) is 18.2 Å². The summed E-state index contributed by atoms with van der Waals surface area (Å²) in [7, 11) is 1.56. The normalized spacial score (nSPS) is 12.8. The van der Waals surface area contributed by atoms with Gasteiger partial charge in [-0.25, -0.2) is 4.39 Å². The molecule has 1 N–H and O–H groups in total. The largest absolute Gasteiger partial charge is 0.493 e. The third kappa shape index (κ3) is 5.78. The van der Waals surface area contributed by atoms with Crippen LogP contribution in [-0.4, -0.2) is 32.1 Å². The molecule has 0 aromatic heterocycles. The van der Waals surface area contributed by atoms with Gasteiger partial charge in [-0.1, -0.05) is 18.2 Å². The highest BCUT2D eigenvalue weighted by Gasteiger charge is 2.26. The Kier molecular flexibility index (Phi) is 7.30. The molecule has 0 spiro atoms. The highest BCUT2D eigenvalue weighted by molar-refractivity contribution is 6.03. The van der Waals surface area contributed by atoms with E-state index < -0.39 is 0 Å². The van der Waals surface area contributed by atoms with Crippen molar-refractivity contribution in [1.82, 2.24) is 0 Å². The molecule has 3 aromatic rings. The van der Waals surface area contributed by atoms with Crippen LogP contribution in [0.1, 0.15) is 18.1 Å². The van der Waals surface area contributed by atoms with Crippen molar-refractivity contribution in [3.63, 3.8) is 0 Å².